The highest BCUT2D eigenvalue weighted by molar-refractivity contribution is 7.89. The van der Waals surface area contributed by atoms with Crippen molar-refractivity contribution in [2.24, 2.45) is 5.14 Å². The number of carbonyl (C=O) groups is 1. The lowest BCUT2D eigenvalue weighted by Gasteiger charge is -2.28. The zero-order valence-corrected chi connectivity index (χ0v) is 15.9. The van der Waals surface area contributed by atoms with Gasteiger partial charge in [-0.1, -0.05) is 31.9 Å². The quantitative estimate of drug-likeness (QED) is 0.806. The van der Waals surface area contributed by atoms with Crippen LogP contribution in [0.4, 0.5) is 0 Å². The Bertz CT molecular complexity index is 683. The number of nitrogens with two attached hydrogens (primary N) is 1. The summed E-state index contributed by atoms with van der Waals surface area (Å²) in [6.07, 6.45) is 5.38. The third kappa shape index (κ3) is 5.52. The number of likely N-dealkylation sites (tertiary alicyclic amines) is 1. The number of sulfonamides is 1. The van der Waals surface area contributed by atoms with Crippen LogP contribution in [-0.2, 0) is 14.8 Å². The predicted octanol–water partition coefficient (Wildman–Crippen LogP) is 2.17. The lowest BCUT2D eigenvalue weighted by molar-refractivity contribution is -0.126. The van der Waals surface area contributed by atoms with Gasteiger partial charge in [0.25, 0.3) is 0 Å². The Morgan fingerprint density at radius 1 is 1.24 bits per heavy atom. The van der Waals surface area contributed by atoms with E-state index in [4.69, 9.17) is 5.14 Å². The van der Waals surface area contributed by atoms with Crippen LogP contribution >= 0.6 is 0 Å². The standard InChI is InChI=1S/C18H29N3O3S/c1-3-17(15-9-8-10-16(13-15)25(19,23)24)20-18(22)14(2)21-11-6-4-5-7-12-21/h8-10,13-14,17H,3-7,11-12H2,1-2H3,(H,20,22)(H2,19,23,24). The van der Waals surface area contributed by atoms with E-state index in [0.29, 0.717) is 6.42 Å². The molecule has 0 radical (unpaired) electrons. The first-order chi connectivity index (χ1) is 11.8. The molecule has 2 atom stereocenters. The summed E-state index contributed by atoms with van der Waals surface area (Å²) in [6, 6.07) is 6.06. The van der Waals surface area contributed by atoms with E-state index in [0.717, 1.165) is 31.5 Å². The number of hydrogen-bond donors (Lipinski definition) is 2. The summed E-state index contributed by atoms with van der Waals surface area (Å²) in [5.41, 5.74) is 0.755. The van der Waals surface area contributed by atoms with Gasteiger partial charge >= 0.3 is 0 Å². The highest BCUT2D eigenvalue weighted by atomic mass is 32.2. The van der Waals surface area contributed by atoms with E-state index in [9.17, 15) is 13.2 Å². The molecule has 0 aromatic heterocycles. The highest BCUT2D eigenvalue weighted by Crippen LogP contribution is 2.21. The van der Waals surface area contributed by atoms with Crippen LogP contribution in [0.1, 0.15) is 57.6 Å². The van der Waals surface area contributed by atoms with E-state index in [2.05, 4.69) is 10.2 Å². The fourth-order valence-corrected chi connectivity index (χ4v) is 3.84. The van der Waals surface area contributed by atoms with E-state index in [-0.39, 0.29) is 22.9 Å². The molecule has 1 aromatic rings. The van der Waals surface area contributed by atoms with Gasteiger partial charge in [-0.15, -0.1) is 0 Å². The SMILES string of the molecule is CCC(NC(=O)C(C)N1CCCCCC1)c1cccc(S(N)(=O)=O)c1. The van der Waals surface area contributed by atoms with Gasteiger partial charge in [0.05, 0.1) is 17.0 Å². The Morgan fingerprint density at radius 2 is 1.88 bits per heavy atom. The molecule has 0 saturated carbocycles. The molecule has 1 aliphatic heterocycles. The maximum Gasteiger partial charge on any atom is 0.238 e. The first-order valence-electron chi connectivity index (χ1n) is 9.00. The van der Waals surface area contributed by atoms with Gasteiger partial charge in [0.15, 0.2) is 0 Å². The predicted molar refractivity (Wildman–Crippen MR) is 98.5 cm³/mol. The largest absolute Gasteiger partial charge is 0.348 e. The fourth-order valence-electron chi connectivity index (χ4n) is 3.27. The molecule has 2 rings (SSSR count). The van der Waals surface area contributed by atoms with E-state index < -0.39 is 10.0 Å². The number of rotatable bonds is 6. The average molecular weight is 368 g/mol. The molecule has 1 aliphatic rings. The number of nitrogens with one attached hydrogen (secondary N) is 1. The fraction of sp³-hybridized carbons (Fsp3) is 0.611. The Balaban J connectivity index is 2.09. The van der Waals surface area contributed by atoms with Gasteiger partial charge in [0.2, 0.25) is 15.9 Å². The van der Waals surface area contributed by atoms with Crippen LogP contribution in [-0.4, -0.2) is 38.4 Å². The van der Waals surface area contributed by atoms with Crippen molar-refractivity contribution in [1.82, 2.24) is 10.2 Å². The molecule has 1 aromatic carbocycles. The number of amides is 1. The molecule has 1 fully saturated rings. The van der Waals surface area contributed by atoms with E-state index in [1.165, 1.54) is 18.9 Å². The summed E-state index contributed by atoms with van der Waals surface area (Å²) in [5.74, 6) is -0.0187. The molecule has 1 heterocycles. The van der Waals surface area contributed by atoms with Crippen LogP contribution in [0.25, 0.3) is 0 Å². The molecule has 0 aliphatic carbocycles. The van der Waals surface area contributed by atoms with Gasteiger partial charge in [-0.2, -0.15) is 0 Å². The molecular formula is C18H29N3O3S. The van der Waals surface area contributed by atoms with Crippen molar-refractivity contribution in [3.8, 4) is 0 Å². The monoisotopic (exact) mass is 367 g/mol. The summed E-state index contributed by atoms with van der Waals surface area (Å²) < 4.78 is 23.1. The second-order valence-electron chi connectivity index (χ2n) is 6.71. The van der Waals surface area contributed by atoms with Crippen LogP contribution in [0, 0.1) is 0 Å². The highest BCUT2D eigenvalue weighted by Gasteiger charge is 2.24. The van der Waals surface area contributed by atoms with E-state index >= 15 is 0 Å². The van der Waals surface area contributed by atoms with Gasteiger partial charge in [0, 0.05) is 0 Å². The van der Waals surface area contributed by atoms with Crippen LogP contribution in [0.5, 0.6) is 0 Å². The molecule has 6 nitrogen and oxygen atoms in total. The summed E-state index contributed by atoms with van der Waals surface area (Å²) in [6.45, 7) is 5.80. The lowest BCUT2D eigenvalue weighted by atomic mass is 10.0. The van der Waals surface area contributed by atoms with Crippen molar-refractivity contribution < 1.29 is 13.2 Å². The molecule has 2 unspecified atom stereocenters. The molecule has 140 valence electrons. The number of benzene rings is 1. The van der Waals surface area contributed by atoms with Crippen LogP contribution < -0.4 is 10.5 Å². The summed E-state index contributed by atoms with van der Waals surface area (Å²) >= 11 is 0. The summed E-state index contributed by atoms with van der Waals surface area (Å²) in [7, 11) is -3.75. The maximum atomic E-state index is 12.7. The molecule has 3 N–H and O–H groups in total. The first-order valence-corrected chi connectivity index (χ1v) is 10.5. The molecule has 25 heavy (non-hydrogen) atoms. The van der Waals surface area contributed by atoms with Gasteiger partial charge in [0.1, 0.15) is 0 Å². The lowest BCUT2D eigenvalue weighted by Crippen LogP contribution is -2.46. The summed E-state index contributed by atoms with van der Waals surface area (Å²) in [5, 5.41) is 8.27. The van der Waals surface area contributed by atoms with Crippen molar-refractivity contribution in [3.05, 3.63) is 29.8 Å². The molecule has 1 amide bonds. The number of primary sulfonamides is 1. The average Bonchev–Trinajstić information content (AvgIpc) is 2.87. The second kappa shape index (κ2) is 8.78. The summed E-state index contributed by atoms with van der Waals surface area (Å²) in [4.78, 5) is 15.0. The van der Waals surface area contributed by atoms with Crippen LogP contribution in [0.15, 0.2) is 29.2 Å². The van der Waals surface area contributed by atoms with Crippen LogP contribution in [0.2, 0.25) is 0 Å². The van der Waals surface area contributed by atoms with Crippen molar-refractivity contribution in [2.45, 2.75) is 62.9 Å². The topological polar surface area (TPSA) is 92.5 Å². The Morgan fingerprint density at radius 3 is 2.44 bits per heavy atom. The zero-order valence-electron chi connectivity index (χ0n) is 15.1. The second-order valence-corrected chi connectivity index (χ2v) is 8.27. The molecular weight excluding hydrogens is 338 g/mol. The molecule has 7 heteroatoms. The third-order valence-corrected chi connectivity index (χ3v) is 5.79. The number of carbonyl (C=O) groups excluding carboxylic acids is 1. The van der Waals surface area contributed by atoms with E-state index in [1.807, 2.05) is 19.9 Å². The molecule has 0 spiro atoms. The minimum absolute atomic E-state index is 0.0187. The van der Waals surface area contributed by atoms with Crippen molar-refractivity contribution in [2.75, 3.05) is 13.1 Å². The normalized spacial score (nSPS) is 19.0. The van der Waals surface area contributed by atoms with Crippen LogP contribution in [0.3, 0.4) is 0 Å². The smallest absolute Gasteiger partial charge is 0.238 e. The molecule has 1 saturated heterocycles. The zero-order chi connectivity index (χ0) is 18.4. The number of nitrogens with zero attached hydrogens (tertiary/aromatic N) is 1. The van der Waals surface area contributed by atoms with Crippen molar-refractivity contribution >= 4 is 15.9 Å². The van der Waals surface area contributed by atoms with Gasteiger partial charge in [-0.3, -0.25) is 9.69 Å². The molecule has 0 bridgehead atoms. The third-order valence-electron chi connectivity index (χ3n) is 4.88. The van der Waals surface area contributed by atoms with Crippen molar-refractivity contribution in [1.29, 1.82) is 0 Å². The van der Waals surface area contributed by atoms with Gasteiger partial charge in [-0.05, 0) is 57.0 Å². The van der Waals surface area contributed by atoms with E-state index in [1.54, 1.807) is 12.1 Å². The van der Waals surface area contributed by atoms with Gasteiger partial charge in [-0.25, -0.2) is 13.6 Å². The Kier molecular flexibility index (Phi) is 6.98. The Hall–Kier alpha value is -1.44. The minimum atomic E-state index is -3.75. The van der Waals surface area contributed by atoms with Crippen molar-refractivity contribution in [3.63, 3.8) is 0 Å². The number of hydrogen-bond acceptors (Lipinski definition) is 4. The first kappa shape index (κ1) is 19.9. The minimum Gasteiger partial charge on any atom is -0.348 e. The Labute approximate surface area is 150 Å². The van der Waals surface area contributed by atoms with Gasteiger partial charge < -0.3 is 5.32 Å². The maximum absolute atomic E-state index is 12.7.